The van der Waals surface area contributed by atoms with E-state index >= 15 is 0 Å². The number of piperazine rings is 1. The zero-order valence-electron chi connectivity index (χ0n) is 13.3. The number of benzene rings is 1. The molecule has 120 valence electrons. The van der Waals surface area contributed by atoms with E-state index in [1.807, 2.05) is 12.1 Å². The van der Waals surface area contributed by atoms with Crippen molar-refractivity contribution in [3.63, 3.8) is 0 Å². The van der Waals surface area contributed by atoms with Crippen molar-refractivity contribution in [1.29, 1.82) is 0 Å². The third-order valence-electron chi connectivity index (χ3n) is 4.75. The van der Waals surface area contributed by atoms with Crippen LogP contribution in [0.5, 0.6) is 0 Å². The molecular weight excluding hydrogens is 274 g/mol. The Labute approximate surface area is 133 Å². The van der Waals surface area contributed by atoms with E-state index in [1.54, 1.807) is 0 Å². The number of carbonyl (C=O) groups excluding carboxylic acids is 1. The van der Waals surface area contributed by atoms with Crippen LogP contribution in [0.1, 0.15) is 48.0 Å². The molecule has 1 aliphatic heterocycles. The molecule has 0 bridgehead atoms. The van der Waals surface area contributed by atoms with Crippen molar-refractivity contribution in [3.05, 3.63) is 35.4 Å². The molecule has 1 aromatic carbocycles. The van der Waals surface area contributed by atoms with Crippen LogP contribution in [0.2, 0.25) is 0 Å². The molecule has 0 aromatic heterocycles. The fraction of sp³-hybridized carbons (Fsp3) is 0.611. The molecule has 2 fully saturated rings. The monoisotopic (exact) mass is 301 g/mol. The standard InChI is InChI=1S/C18H27N3O/c22-18(20-17-7-2-1-3-8-17)16-6-4-5-15(13-16)14-21-11-9-19-10-12-21/h4-6,13,17,19H,1-3,7-12,14H2,(H,20,22). The molecule has 2 N–H and O–H groups in total. The molecule has 3 rings (SSSR count). The summed E-state index contributed by atoms with van der Waals surface area (Å²) in [5, 5.41) is 6.57. The molecule has 0 radical (unpaired) electrons. The Balaban J connectivity index is 1.58. The van der Waals surface area contributed by atoms with Crippen molar-refractivity contribution < 1.29 is 4.79 Å². The Morgan fingerprint density at radius 3 is 2.73 bits per heavy atom. The lowest BCUT2D eigenvalue weighted by molar-refractivity contribution is 0.0927. The average molecular weight is 301 g/mol. The van der Waals surface area contributed by atoms with Gasteiger partial charge in [-0.3, -0.25) is 9.69 Å². The quantitative estimate of drug-likeness (QED) is 0.896. The summed E-state index contributed by atoms with van der Waals surface area (Å²) in [6.45, 7) is 5.22. The summed E-state index contributed by atoms with van der Waals surface area (Å²) in [5.74, 6) is 0.0917. The number of hydrogen-bond donors (Lipinski definition) is 2. The van der Waals surface area contributed by atoms with Crippen LogP contribution in [0, 0.1) is 0 Å². The molecule has 2 aliphatic rings. The van der Waals surface area contributed by atoms with E-state index in [1.165, 1.54) is 24.8 Å². The van der Waals surface area contributed by atoms with Crippen molar-refractivity contribution in [3.8, 4) is 0 Å². The van der Waals surface area contributed by atoms with Crippen LogP contribution in [-0.2, 0) is 6.54 Å². The van der Waals surface area contributed by atoms with Gasteiger partial charge >= 0.3 is 0 Å². The van der Waals surface area contributed by atoms with Crippen LogP contribution in [-0.4, -0.2) is 43.0 Å². The maximum absolute atomic E-state index is 12.4. The highest BCUT2D eigenvalue weighted by molar-refractivity contribution is 5.94. The minimum absolute atomic E-state index is 0.0917. The summed E-state index contributed by atoms with van der Waals surface area (Å²) in [7, 11) is 0. The minimum atomic E-state index is 0.0917. The van der Waals surface area contributed by atoms with Gasteiger partial charge in [-0.2, -0.15) is 0 Å². The highest BCUT2D eigenvalue weighted by Crippen LogP contribution is 2.18. The maximum atomic E-state index is 12.4. The zero-order valence-corrected chi connectivity index (χ0v) is 13.3. The Bertz CT molecular complexity index is 491. The summed E-state index contributed by atoms with van der Waals surface area (Å²) >= 11 is 0. The van der Waals surface area contributed by atoms with E-state index in [4.69, 9.17) is 0 Å². The molecule has 1 saturated heterocycles. The molecule has 1 saturated carbocycles. The zero-order chi connectivity index (χ0) is 15.2. The fourth-order valence-electron chi connectivity index (χ4n) is 3.45. The highest BCUT2D eigenvalue weighted by atomic mass is 16.1. The topological polar surface area (TPSA) is 44.4 Å². The first-order valence-electron chi connectivity index (χ1n) is 8.64. The normalized spacial score (nSPS) is 20.7. The van der Waals surface area contributed by atoms with Crippen molar-refractivity contribution in [2.24, 2.45) is 0 Å². The molecule has 0 spiro atoms. The van der Waals surface area contributed by atoms with E-state index in [0.717, 1.165) is 51.1 Å². The van der Waals surface area contributed by atoms with Crippen LogP contribution in [0.4, 0.5) is 0 Å². The smallest absolute Gasteiger partial charge is 0.251 e. The Morgan fingerprint density at radius 1 is 1.18 bits per heavy atom. The molecule has 1 amide bonds. The van der Waals surface area contributed by atoms with Gasteiger partial charge in [0.2, 0.25) is 0 Å². The summed E-state index contributed by atoms with van der Waals surface area (Å²) < 4.78 is 0. The lowest BCUT2D eigenvalue weighted by Crippen LogP contribution is -2.42. The van der Waals surface area contributed by atoms with Crippen molar-refractivity contribution in [1.82, 2.24) is 15.5 Å². The Hall–Kier alpha value is -1.39. The van der Waals surface area contributed by atoms with Crippen molar-refractivity contribution >= 4 is 5.91 Å². The van der Waals surface area contributed by atoms with Gasteiger partial charge < -0.3 is 10.6 Å². The molecule has 0 atom stereocenters. The molecule has 0 unspecified atom stereocenters. The number of hydrogen-bond acceptors (Lipinski definition) is 3. The first-order chi connectivity index (χ1) is 10.8. The first-order valence-corrected chi connectivity index (χ1v) is 8.64. The number of rotatable bonds is 4. The largest absolute Gasteiger partial charge is 0.349 e. The SMILES string of the molecule is O=C(NC1CCCCC1)c1cccc(CN2CCNCC2)c1. The van der Waals surface area contributed by atoms with E-state index in [-0.39, 0.29) is 5.91 Å². The van der Waals surface area contributed by atoms with Gasteiger partial charge in [-0.25, -0.2) is 0 Å². The predicted octanol–water partition coefficient (Wildman–Crippen LogP) is 2.15. The second kappa shape index (κ2) is 7.75. The van der Waals surface area contributed by atoms with Gasteiger partial charge in [0.15, 0.2) is 0 Å². The van der Waals surface area contributed by atoms with Crippen molar-refractivity contribution in [2.45, 2.75) is 44.7 Å². The second-order valence-corrected chi connectivity index (χ2v) is 6.53. The van der Waals surface area contributed by atoms with Gasteiger partial charge in [0.05, 0.1) is 0 Å². The van der Waals surface area contributed by atoms with Crippen LogP contribution < -0.4 is 10.6 Å². The molecule has 1 aromatic rings. The van der Waals surface area contributed by atoms with Gasteiger partial charge in [0, 0.05) is 44.3 Å². The molecule has 22 heavy (non-hydrogen) atoms. The van der Waals surface area contributed by atoms with Crippen LogP contribution in [0.25, 0.3) is 0 Å². The second-order valence-electron chi connectivity index (χ2n) is 6.53. The number of amides is 1. The number of nitrogens with one attached hydrogen (secondary N) is 2. The summed E-state index contributed by atoms with van der Waals surface area (Å²) in [6, 6.07) is 8.49. The predicted molar refractivity (Wildman–Crippen MR) is 88.9 cm³/mol. The molecule has 1 heterocycles. The van der Waals surface area contributed by atoms with E-state index in [0.29, 0.717) is 6.04 Å². The lowest BCUT2D eigenvalue weighted by atomic mass is 9.95. The minimum Gasteiger partial charge on any atom is -0.349 e. The lowest BCUT2D eigenvalue weighted by Gasteiger charge is -2.27. The average Bonchev–Trinajstić information content (AvgIpc) is 2.57. The molecule has 4 nitrogen and oxygen atoms in total. The number of carbonyl (C=O) groups is 1. The van der Waals surface area contributed by atoms with E-state index in [9.17, 15) is 4.79 Å². The molecule has 4 heteroatoms. The summed E-state index contributed by atoms with van der Waals surface area (Å²) in [6.07, 6.45) is 6.06. The maximum Gasteiger partial charge on any atom is 0.251 e. The Kier molecular flexibility index (Phi) is 5.46. The van der Waals surface area contributed by atoms with Gasteiger partial charge in [-0.15, -0.1) is 0 Å². The van der Waals surface area contributed by atoms with Gasteiger partial charge in [0.1, 0.15) is 0 Å². The summed E-state index contributed by atoms with van der Waals surface area (Å²) in [5.41, 5.74) is 2.04. The van der Waals surface area contributed by atoms with Gasteiger partial charge in [-0.1, -0.05) is 31.4 Å². The fourth-order valence-corrected chi connectivity index (χ4v) is 3.45. The van der Waals surface area contributed by atoms with Gasteiger partial charge in [0.25, 0.3) is 5.91 Å². The molecule has 1 aliphatic carbocycles. The number of nitrogens with zero attached hydrogens (tertiary/aromatic N) is 1. The van der Waals surface area contributed by atoms with Crippen LogP contribution in [0.15, 0.2) is 24.3 Å². The third kappa shape index (κ3) is 4.31. The summed E-state index contributed by atoms with van der Waals surface area (Å²) in [4.78, 5) is 14.9. The van der Waals surface area contributed by atoms with E-state index < -0.39 is 0 Å². The Morgan fingerprint density at radius 2 is 1.95 bits per heavy atom. The van der Waals surface area contributed by atoms with Crippen LogP contribution >= 0.6 is 0 Å². The third-order valence-corrected chi connectivity index (χ3v) is 4.75. The molecular formula is C18H27N3O. The first kappa shape index (κ1) is 15.5. The van der Waals surface area contributed by atoms with Crippen LogP contribution in [0.3, 0.4) is 0 Å². The highest BCUT2D eigenvalue weighted by Gasteiger charge is 2.17. The van der Waals surface area contributed by atoms with E-state index in [2.05, 4.69) is 27.7 Å². The van der Waals surface area contributed by atoms with Crippen molar-refractivity contribution in [2.75, 3.05) is 26.2 Å². The van der Waals surface area contributed by atoms with Gasteiger partial charge in [-0.05, 0) is 30.5 Å².